The first-order valence-electron chi connectivity index (χ1n) is 5.91. The average molecular weight is 283 g/mol. The van der Waals surface area contributed by atoms with Crippen LogP contribution in [-0.4, -0.2) is 29.7 Å². The van der Waals surface area contributed by atoms with Crippen molar-refractivity contribution in [1.29, 1.82) is 0 Å². The number of rotatable bonds is 6. The van der Waals surface area contributed by atoms with Crippen LogP contribution in [0, 0.1) is 15.5 Å². The summed E-state index contributed by atoms with van der Waals surface area (Å²) < 4.78 is 10.1. The second-order valence-electron chi connectivity index (χ2n) is 4.87. The van der Waals surface area contributed by atoms with Crippen LogP contribution in [0.2, 0.25) is 0 Å². The maximum absolute atomic E-state index is 11.5. The summed E-state index contributed by atoms with van der Waals surface area (Å²) in [7, 11) is 1.29. The molecule has 1 aromatic carbocycles. The van der Waals surface area contributed by atoms with Gasteiger partial charge in [-0.3, -0.25) is 14.9 Å². The van der Waals surface area contributed by atoms with Crippen molar-refractivity contribution in [1.82, 2.24) is 0 Å². The standard InChI is InChI=1S/C13H17NO6/c1-13(2,12(16)19-3)8-20-11-5-4-10(14(17)18)6-9(11)7-15/h4-6,15H,7-8H2,1-3H3. The second-order valence-corrected chi connectivity index (χ2v) is 4.87. The number of hydrogen-bond donors (Lipinski definition) is 1. The molecule has 0 fully saturated rings. The van der Waals surface area contributed by atoms with E-state index in [1.165, 1.54) is 25.3 Å². The zero-order chi connectivity index (χ0) is 15.3. The Balaban J connectivity index is 2.88. The lowest BCUT2D eigenvalue weighted by atomic mass is 9.95. The predicted octanol–water partition coefficient (Wildman–Crippen LogP) is 1.67. The fraction of sp³-hybridized carbons (Fsp3) is 0.462. The maximum atomic E-state index is 11.5. The monoisotopic (exact) mass is 283 g/mol. The number of nitrogens with zero attached hydrogens (tertiary/aromatic N) is 1. The van der Waals surface area contributed by atoms with Crippen molar-refractivity contribution in [3.63, 3.8) is 0 Å². The van der Waals surface area contributed by atoms with Crippen LogP contribution in [0.25, 0.3) is 0 Å². The second kappa shape index (κ2) is 6.33. The first kappa shape index (κ1) is 15.9. The van der Waals surface area contributed by atoms with Crippen LogP contribution < -0.4 is 4.74 Å². The lowest BCUT2D eigenvalue weighted by molar-refractivity contribution is -0.385. The van der Waals surface area contributed by atoms with E-state index in [1.54, 1.807) is 13.8 Å². The van der Waals surface area contributed by atoms with Gasteiger partial charge < -0.3 is 14.6 Å². The minimum atomic E-state index is -0.858. The number of aliphatic hydroxyl groups excluding tert-OH is 1. The highest BCUT2D eigenvalue weighted by Gasteiger charge is 2.30. The van der Waals surface area contributed by atoms with E-state index >= 15 is 0 Å². The molecule has 20 heavy (non-hydrogen) atoms. The average Bonchev–Trinajstić information content (AvgIpc) is 2.43. The number of carbonyl (C=O) groups excluding carboxylic acids is 1. The van der Waals surface area contributed by atoms with Gasteiger partial charge in [0.05, 0.1) is 24.1 Å². The summed E-state index contributed by atoms with van der Waals surface area (Å²) in [6, 6.07) is 3.91. The molecule has 0 bridgehead atoms. The van der Waals surface area contributed by atoms with Crippen molar-refractivity contribution in [3.8, 4) is 5.75 Å². The Kier molecular flexibility index (Phi) is 5.04. The normalized spacial score (nSPS) is 11.0. The van der Waals surface area contributed by atoms with Crippen LogP contribution in [0.15, 0.2) is 18.2 Å². The molecular formula is C13H17NO6. The largest absolute Gasteiger partial charge is 0.492 e. The molecule has 0 radical (unpaired) electrons. The van der Waals surface area contributed by atoms with Crippen molar-refractivity contribution in [2.75, 3.05) is 13.7 Å². The molecule has 0 aliphatic rings. The fourth-order valence-electron chi connectivity index (χ4n) is 1.54. The number of non-ortho nitro benzene ring substituents is 1. The molecule has 0 aromatic heterocycles. The first-order chi connectivity index (χ1) is 9.31. The Labute approximate surface area is 116 Å². The number of hydrogen-bond acceptors (Lipinski definition) is 6. The van der Waals surface area contributed by atoms with Crippen molar-refractivity contribution < 1.29 is 24.3 Å². The Morgan fingerprint density at radius 3 is 2.60 bits per heavy atom. The van der Waals surface area contributed by atoms with Crippen molar-refractivity contribution in [3.05, 3.63) is 33.9 Å². The van der Waals surface area contributed by atoms with Gasteiger partial charge in [-0.05, 0) is 19.9 Å². The smallest absolute Gasteiger partial charge is 0.314 e. The number of aliphatic hydroxyl groups is 1. The van der Waals surface area contributed by atoms with Gasteiger partial charge >= 0.3 is 5.97 Å². The molecule has 0 aliphatic carbocycles. The quantitative estimate of drug-likeness (QED) is 0.484. The van der Waals surface area contributed by atoms with Crippen LogP contribution >= 0.6 is 0 Å². The van der Waals surface area contributed by atoms with Gasteiger partial charge in [0.1, 0.15) is 12.4 Å². The Hall–Kier alpha value is -2.15. The van der Waals surface area contributed by atoms with Crippen LogP contribution in [0.1, 0.15) is 19.4 Å². The number of ether oxygens (including phenoxy) is 2. The predicted molar refractivity (Wildman–Crippen MR) is 70.3 cm³/mol. The van der Waals surface area contributed by atoms with Gasteiger partial charge in [-0.1, -0.05) is 0 Å². The van der Waals surface area contributed by atoms with Crippen LogP contribution in [0.3, 0.4) is 0 Å². The van der Waals surface area contributed by atoms with E-state index in [0.717, 1.165) is 0 Å². The number of carbonyl (C=O) groups is 1. The van der Waals surface area contributed by atoms with E-state index in [-0.39, 0.29) is 12.3 Å². The number of nitro benzene ring substituents is 1. The summed E-state index contributed by atoms with van der Waals surface area (Å²) in [5.74, 6) is -0.125. The molecule has 0 heterocycles. The summed E-state index contributed by atoms with van der Waals surface area (Å²) in [5.41, 5.74) is -0.697. The highest BCUT2D eigenvalue weighted by Crippen LogP contribution is 2.26. The highest BCUT2D eigenvalue weighted by molar-refractivity contribution is 5.75. The molecule has 0 saturated heterocycles. The van der Waals surface area contributed by atoms with Gasteiger partial charge in [-0.2, -0.15) is 0 Å². The Morgan fingerprint density at radius 1 is 1.45 bits per heavy atom. The summed E-state index contributed by atoms with van der Waals surface area (Å²) >= 11 is 0. The number of nitro groups is 1. The lowest BCUT2D eigenvalue weighted by Gasteiger charge is -2.22. The van der Waals surface area contributed by atoms with Crippen LogP contribution in [0.4, 0.5) is 5.69 Å². The summed E-state index contributed by atoms with van der Waals surface area (Å²) in [6.45, 7) is 2.95. The topological polar surface area (TPSA) is 98.9 Å². The third-order valence-electron chi connectivity index (χ3n) is 2.75. The molecule has 7 heteroatoms. The van der Waals surface area contributed by atoms with Crippen molar-refractivity contribution in [2.45, 2.75) is 20.5 Å². The van der Waals surface area contributed by atoms with Gasteiger partial charge in [-0.15, -0.1) is 0 Å². The molecule has 0 unspecified atom stereocenters. The summed E-state index contributed by atoms with van der Waals surface area (Å²) in [4.78, 5) is 21.6. The van der Waals surface area contributed by atoms with Gasteiger partial charge in [0.2, 0.25) is 0 Å². The minimum Gasteiger partial charge on any atom is -0.492 e. The molecule has 0 saturated carbocycles. The minimum absolute atomic E-state index is 0.0322. The molecule has 7 nitrogen and oxygen atoms in total. The third-order valence-corrected chi connectivity index (χ3v) is 2.75. The lowest BCUT2D eigenvalue weighted by Crippen LogP contribution is -2.32. The molecule has 0 amide bonds. The summed E-state index contributed by atoms with van der Waals surface area (Å²) in [6.07, 6.45) is 0. The Bertz CT molecular complexity index is 512. The number of methoxy groups -OCH3 is 1. The van der Waals surface area contributed by atoms with Gasteiger partial charge in [0.25, 0.3) is 5.69 Å². The van der Waals surface area contributed by atoms with E-state index in [1.807, 2.05) is 0 Å². The number of esters is 1. The molecule has 1 rings (SSSR count). The molecular weight excluding hydrogens is 266 g/mol. The van der Waals surface area contributed by atoms with Crippen LogP contribution in [-0.2, 0) is 16.1 Å². The van der Waals surface area contributed by atoms with E-state index in [9.17, 15) is 20.0 Å². The Morgan fingerprint density at radius 2 is 2.10 bits per heavy atom. The molecule has 1 aromatic rings. The molecule has 0 spiro atoms. The van der Waals surface area contributed by atoms with Gasteiger partial charge in [0.15, 0.2) is 0 Å². The van der Waals surface area contributed by atoms with E-state index in [0.29, 0.717) is 11.3 Å². The molecule has 0 aliphatic heterocycles. The SMILES string of the molecule is COC(=O)C(C)(C)COc1ccc([N+](=O)[O-])cc1CO. The molecule has 0 atom stereocenters. The molecule has 1 N–H and O–H groups in total. The van der Waals surface area contributed by atoms with Crippen LogP contribution in [0.5, 0.6) is 5.75 Å². The molecule has 110 valence electrons. The summed E-state index contributed by atoms with van der Waals surface area (Å²) in [5, 5.41) is 19.9. The third kappa shape index (κ3) is 3.67. The number of benzene rings is 1. The van der Waals surface area contributed by atoms with Crippen molar-refractivity contribution >= 4 is 11.7 Å². The first-order valence-corrected chi connectivity index (χ1v) is 5.91. The maximum Gasteiger partial charge on any atom is 0.314 e. The highest BCUT2D eigenvalue weighted by atomic mass is 16.6. The van der Waals surface area contributed by atoms with E-state index < -0.39 is 22.9 Å². The zero-order valence-corrected chi connectivity index (χ0v) is 11.6. The van der Waals surface area contributed by atoms with E-state index in [4.69, 9.17) is 4.74 Å². The van der Waals surface area contributed by atoms with Crippen molar-refractivity contribution in [2.24, 2.45) is 5.41 Å². The van der Waals surface area contributed by atoms with E-state index in [2.05, 4.69) is 4.74 Å². The van der Waals surface area contributed by atoms with Gasteiger partial charge in [0, 0.05) is 17.7 Å². The zero-order valence-electron chi connectivity index (χ0n) is 11.6. The van der Waals surface area contributed by atoms with Gasteiger partial charge in [-0.25, -0.2) is 0 Å². The fourth-order valence-corrected chi connectivity index (χ4v) is 1.54.